The van der Waals surface area contributed by atoms with E-state index in [1.807, 2.05) is 12.1 Å². The molecule has 1 aromatic rings. The number of rotatable bonds is 6. The van der Waals surface area contributed by atoms with Crippen molar-refractivity contribution in [2.75, 3.05) is 12.9 Å². The van der Waals surface area contributed by atoms with Crippen LogP contribution >= 0.6 is 12.6 Å². The van der Waals surface area contributed by atoms with Crippen molar-refractivity contribution in [1.82, 2.24) is 5.32 Å². The second-order valence-corrected chi connectivity index (χ2v) is 4.20. The largest absolute Gasteiger partial charge is 0.496 e. The van der Waals surface area contributed by atoms with Crippen LogP contribution in [0.1, 0.15) is 24.5 Å². The summed E-state index contributed by atoms with van der Waals surface area (Å²) in [6, 6.07) is 5.98. The van der Waals surface area contributed by atoms with E-state index in [0.29, 0.717) is 18.7 Å². The zero-order valence-electron chi connectivity index (χ0n) is 10.3. The minimum Gasteiger partial charge on any atom is -0.496 e. The lowest BCUT2D eigenvalue weighted by atomic mass is 10.1. The number of nitrogens with one attached hydrogen (secondary N) is 1. The number of aryl methyl sites for hydroxylation is 1. The molecule has 0 fully saturated rings. The fraction of sp³-hybridized carbons (Fsp3) is 0.462. The Bertz CT molecular complexity index is 380. The molecule has 0 unspecified atom stereocenters. The Balaban J connectivity index is 2.63. The van der Waals surface area contributed by atoms with Crippen LogP contribution in [-0.4, -0.2) is 18.8 Å². The summed E-state index contributed by atoms with van der Waals surface area (Å²) in [5.41, 5.74) is 2.25. The van der Waals surface area contributed by atoms with Crippen molar-refractivity contribution >= 4 is 18.5 Å². The van der Waals surface area contributed by atoms with Crippen LogP contribution in [-0.2, 0) is 17.8 Å². The van der Waals surface area contributed by atoms with Gasteiger partial charge in [0.2, 0.25) is 5.91 Å². The van der Waals surface area contributed by atoms with Crippen LogP contribution in [0.3, 0.4) is 0 Å². The highest BCUT2D eigenvalue weighted by Crippen LogP contribution is 2.20. The molecule has 0 aliphatic rings. The predicted molar refractivity (Wildman–Crippen MR) is 72.7 cm³/mol. The predicted octanol–water partition coefficient (Wildman–Crippen LogP) is 2.19. The first kappa shape index (κ1) is 13.9. The monoisotopic (exact) mass is 253 g/mol. The SMILES string of the molecule is CCc1cc(CNC(=O)CCS)ccc1OC. The van der Waals surface area contributed by atoms with E-state index in [1.165, 1.54) is 0 Å². The molecule has 0 aliphatic heterocycles. The first-order valence-corrected chi connectivity index (χ1v) is 6.37. The van der Waals surface area contributed by atoms with Crippen molar-refractivity contribution in [3.63, 3.8) is 0 Å². The standard InChI is InChI=1S/C13H19NO2S/c1-3-11-8-10(4-5-12(11)16-2)9-14-13(15)6-7-17/h4-5,8,17H,3,6-7,9H2,1-2H3,(H,14,15). The van der Waals surface area contributed by atoms with Gasteiger partial charge < -0.3 is 10.1 Å². The fourth-order valence-electron chi connectivity index (χ4n) is 1.61. The van der Waals surface area contributed by atoms with Gasteiger partial charge in [-0.1, -0.05) is 19.1 Å². The Labute approximate surface area is 108 Å². The van der Waals surface area contributed by atoms with E-state index >= 15 is 0 Å². The zero-order chi connectivity index (χ0) is 12.7. The fourth-order valence-corrected chi connectivity index (χ4v) is 1.81. The van der Waals surface area contributed by atoms with Gasteiger partial charge in [-0.15, -0.1) is 0 Å². The minimum atomic E-state index is 0.0360. The van der Waals surface area contributed by atoms with E-state index in [-0.39, 0.29) is 5.91 Å². The first-order valence-electron chi connectivity index (χ1n) is 5.74. The molecule has 94 valence electrons. The zero-order valence-corrected chi connectivity index (χ0v) is 11.2. The molecule has 0 saturated carbocycles. The molecule has 1 amide bonds. The van der Waals surface area contributed by atoms with Gasteiger partial charge in [-0.25, -0.2) is 0 Å². The number of carbonyl (C=O) groups excluding carboxylic acids is 1. The minimum absolute atomic E-state index is 0.0360. The van der Waals surface area contributed by atoms with Gasteiger partial charge in [-0.3, -0.25) is 4.79 Å². The van der Waals surface area contributed by atoms with Crippen LogP contribution in [0, 0.1) is 0 Å². The maximum Gasteiger partial charge on any atom is 0.221 e. The van der Waals surface area contributed by atoms with Crippen molar-refractivity contribution < 1.29 is 9.53 Å². The van der Waals surface area contributed by atoms with Crippen molar-refractivity contribution in [2.45, 2.75) is 26.3 Å². The van der Waals surface area contributed by atoms with Crippen LogP contribution < -0.4 is 10.1 Å². The van der Waals surface area contributed by atoms with Crippen molar-refractivity contribution in [3.8, 4) is 5.75 Å². The maximum atomic E-state index is 11.3. The lowest BCUT2D eigenvalue weighted by Crippen LogP contribution is -2.22. The molecule has 1 N–H and O–H groups in total. The number of hydrogen-bond donors (Lipinski definition) is 2. The van der Waals surface area contributed by atoms with Crippen LogP contribution in [0.15, 0.2) is 18.2 Å². The summed E-state index contributed by atoms with van der Waals surface area (Å²) >= 11 is 4.02. The Morgan fingerprint density at radius 2 is 2.24 bits per heavy atom. The van der Waals surface area contributed by atoms with Crippen LogP contribution in [0.4, 0.5) is 0 Å². The normalized spacial score (nSPS) is 10.1. The van der Waals surface area contributed by atoms with E-state index < -0.39 is 0 Å². The summed E-state index contributed by atoms with van der Waals surface area (Å²) in [7, 11) is 1.67. The van der Waals surface area contributed by atoms with Crippen LogP contribution in [0.2, 0.25) is 0 Å². The maximum absolute atomic E-state index is 11.3. The number of thiol groups is 1. The Morgan fingerprint density at radius 3 is 2.82 bits per heavy atom. The summed E-state index contributed by atoms with van der Waals surface area (Å²) in [6.45, 7) is 2.64. The third kappa shape index (κ3) is 4.30. The number of benzene rings is 1. The first-order chi connectivity index (χ1) is 8.21. The number of hydrogen-bond acceptors (Lipinski definition) is 3. The van der Waals surface area contributed by atoms with Gasteiger partial charge in [-0.2, -0.15) is 12.6 Å². The number of methoxy groups -OCH3 is 1. The number of ether oxygens (including phenoxy) is 1. The summed E-state index contributed by atoms with van der Waals surface area (Å²) < 4.78 is 5.26. The molecule has 17 heavy (non-hydrogen) atoms. The summed E-state index contributed by atoms with van der Waals surface area (Å²) in [4.78, 5) is 11.3. The second-order valence-electron chi connectivity index (χ2n) is 3.75. The number of amides is 1. The molecule has 3 nitrogen and oxygen atoms in total. The lowest BCUT2D eigenvalue weighted by molar-refractivity contribution is -0.120. The molecule has 1 rings (SSSR count). The average Bonchev–Trinajstić information content (AvgIpc) is 2.36. The Kier molecular flexibility index (Phi) is 5.91. The second kappa shape index (κ2) is 7.22. The molecule has 0 spiro atoms. The van der Waals surface area contributed by atoms with Gasteiger partial charge >= 0.3 is 0 Å². The van der Waals surface area contributed by atoms with E-state index in [1.54, 1.807) is 7.11 Å². The summed E-state index contributed by atoms with van der Waals surface area (Å²) in [6.07, 6.45) is 1.38. The third-order valence-corrected chi connectivity index (χ3v) is 2.78. The molecule has 4 heteroatoms. The molecule has 0 bridgehead atoms. The molecule has 0 aromatic heterocycles. The van der Waals surface area contributed by atoms with Gasteiger partial charge in [0.15, 0.2) is 0 Å². The van der Waals surface area contributed by atoms with Gasteiger partial charge in [0.1, 0.15) is 5.75 Å². The van der Waals surface area contributed by atoms with Crippen LogP contribution in [0.25, 0.3) is 0 Å². The van der Waals surface area contributed by atoms with Gasteiger partial charge in [0.25, 0.3) is 0 Å². The highest BCUT2D eigenvalue weighted by Gasteiger charge is 2.04. The number of carbonyl (C=O) groups is 1. The van der Waals surface area contributed by atoms with Crippen molar-refractivity contribution in [1.29, 1.82) is 0 Å². The molecular formula is C13H19NO2S. The Morgan fingerprint density at radius 1 is 1.47 bits per heavy atom. The quantitative estimate of drug-likeness (QED) is 0.763. The van der Waals surface area contributed by atoms with Crippen LogP contribution in [0.5, 0.6) is 5.75 Å². The molecule has 0 aliphatic carbocycles. The van der Waals surface area contributed by atoms with Gasteiger partial charge in [-0.05, 0) is 29.4 Å². The third-order valence-electron chi connectivity index (χ3n) is 2.55. The molecular weight excluding hydrogens is 234 g/mol. The molecule has 0 radical (unpaired) electrons. The topological polar surface area (TPSA) is 38.3 Å². The van der Waals surface area contributed by atoms with Crippen molar-refractivity contribution in [3.05, 3.63) is 29.3 Å². The van der Waals surface area contributed by atoms with E-state index in [9.17, 15) is 4.79 Å². The smallest absolute Gasteiger partial charge is 0.221 e. The van der Waals surface area contributed by atoms with Gasteiger partial charge in [0, 0.05) is 13.0 Å². The van der Waals surface area contributed by atoms with E-state index in [4.69, 9.17) is 4.74 Å². The molecule has 0 saturated heterocycles. The molecule has 0 atom stereocenters. The summed E-state index contributed by atoms with van der Waals surface area (Å²) in [5.74, 6) is 1.51. The van der Waals surface area contributed by atoms with E-state index in [0.717, 1.165) is 23.3 Å². The highest BCUT2D eigenvalue weighted by atomic mass is 32.1. The molecule has 0 heterocycles. The lowest BCUT2D eigenvalue weighted by Gasteiger charge is -2.10. The van der Waals surface area contributed by atoms with Gasteiger partial charge in [0.05, 0.1) is 7.11 Å². The average molecular weight is 253 g/mol. The summed E-state index contributed by atoms with van der Waals surface area (Å²) in [5, 5.41) is 2.86. The Hall–Kier alpha value is -1.16. The highest BCUT2D eigenvalue weighted by molar-refractivity contribution is 7.80. The van der Waals surface area contributed by atoms with Crippen molar-refractivity contribution in [2.24, 2.45) is 0 Å². The molecule has 1 aromatic carbocycles. The van der Waals surface area contributed by atoms with E-state index in [2.05, 4.69) is 30.9 Å².